The van der Waals surface area contributed by atoms with E-state index in [1.165, 1.54) is 89.9 Å². The van der Waals surface area contributed by atoms with E-state index >= 15 is 0 Å². The largest absolute Gasteiger partial charge is 0.457 e. The third-order valence-electron chi connectivity index (χ3n) is 6.05. The number of carbonyl (C=O) groups excluding carboxylic acids is 1. The van der Waals surface area contributed by atoms with Gasteiger partial charge in [-0.05, 0) is 26.7 Å². The molecule has 0 aromatic rings. The van der Waals surface area contributed by atoms with Gasteiger partial charge in [-0.25, -0.2) is 0 Å². The van der Waals surface area contributed by atoms with Crippen LogP contribution in [0.25, 0.3) is 0 Å². The normalized spacial score (nSPS) is 14.6. The topological polar surface area (TPSA) is 46.5 Å². The number of ether oxygens (including phenoxy) is 1. The van der Waals surface area contributed by atoms with E-state index < -0.39 is 11.7 Å². The summed E-state index contributed by atoms with van der Waals surface area (Å²) in [5.41, 5.74) is -0.733. The highest BCUT2D eigenvalue weighted by atomic mass is 16.6. The molecule has 0 aromatic carbocycles. The first-order valence-electron chi connectivity index (χ1n) is 12.4. The van der Waals surface area contributed by atoms with Crippen molar-refractivity contribution in [1.82, 2.24) is 0 Å². The lowest BCUT2D eigenvalue weighted by atomic mass is 9.92. The number of rotatable bonds is 20. The minimum Gasteiger partial charge on any atom is -0.457 e. The van der Waals surface area contributed by atoms with Gasteiger partial charge in [-0.1, -0.05) is 110 Å². The highest BCUT2D eigenvalue weighted by molar-refractivity contribution is 5.69. The highest BCUT2D eigenvalue weighted by Gasteiger charge is 2.33. The molecule has 0 aromatic heterocycles. The van der Waals surface area contributed by atoms with E-state index in [2.05, 4.69) is 6.92 Å². The summed E-state index contributed by atoms with van der Waals surface area (Å²) in [6.45, 7) is 7.64. The molecule has 3 nitrogen and oxygen atoms in total. The van der Waals surface area contributed by atoms with Crippen molar-refractivity contribution in [1.29, 1.82) is 0 Å². The maximum Gasteiger partial charge on any atom is 0.306 e. The molecule has 0 aliphatic rings. The fraction of sp³-hybridized carbons (Fsp3) is 0.960. The maximum atomic E-state index is 11.6. The zero-order valence-electron chi connectivity index (χ0n) is 19.6. The third-order valence-corrected chi connectivity index (χ3v) is 6.05. The molecule has 0 aliphatic heterocycles. The molecule has 0 spiro atoms. The average molecular weight is 399 g/mol. The van der Waals surface area contributed by atoms with Gasteiger partial charge < -0.3 is 9.84 Å². The molecule has 3 heteroatoms. The lowest BCUT2D eigenvalue weighted by molar-refractivity contribution is -0.170. The van der Waals surface area contributed by atoms with Crippen LogP contribution in [0.15, 0.2) is 0 Å². The molecule has 168 valence electrons. The predicted molar refractivity (Wildman–Crippen MR) is 121 cm³/mol. The van der Waals surface area contributed by atoms with Crippen LogP contribution < -0.4 is 0 Å². The Hall–Kier alpha value is -0.570. The van der Waals surface area contributed by atoms with Crippen molar-refractivity contribution < 1.29 is 14.6 Å². The number of aliphatic hydroxyl groups is 1. The third kappa shape index (κ3) is 15.4. The van der Waals surface area contributed by atoms with E-state index in [9.17, 15) is 9.90 Å². The molecule has 2 unspecified atom stereocenters. The van der Waals surface area contributed by atoms with E-state index in [0.29, 0.717) is 6.42 Å². The molecule has 0 fully saturated rings. The van der Waals surface area contributed by atoms with Gasteiger partial charge in [0.05, 0.1) is 6.10 Å². The minimum absolute atomic E-state index is 0.222. The summed E-state index contributed by atoms with van der Waals surface area (Å²) in [5.74, 6) is -0.222. The number of aliphatic hydroxyl groups excluding tert-OH is 1. The van der Waals surface area contributed by atoms with Crippen LogP contribution in [0, 0.1) is 0 Å². The van der Waals surface area contributed by atoms with Crippen LogP contribution in [0.2, 0.25) is 0 Å². The van der Waals surface area contributed by atoms with Crippen LogP contribution in [-0.2, 0) is 9.53 Å². The number of carbonyl (C=O) groups is 1. The number of esters is 1. The van der Waals surface area contributed by atoms with Crippen molar-refractivity contribution in [2.45, 2.75) is 155 Å². The summed E-state index contributed by atoms with van der Waals surface area (Å²) >= 11 is 0. The molecule has 1 N–H and O–H groups in total. The first kappa shape index (κ1) is 27.4. The number of hydrogen-bond donors (Lipinski definition) is 1. The zero-order chi connectivity index (χ0) is 21.1. The van der Waals surface area contributed by atoms with E-state index in [1.54, 1.807) is 13.8 Å². The molecule has 28 heavy (non-hydrogen) atoms. The molecule has 0 saturated heterocycles. The Labute approximate surface area is 176 Å². The molecule has 0 rings (SSSR count). The molecule has 0 amide bonds. The predicted octanol–water partition coefficient (Wildman–Crippen LogP) is 7.73. The van der Waals surface area contributed by atoms with Crippen LogP contribution in [-0.4, -0.2) is 22.8 Å². The second-order valence-electron chi connectivity index (χ2n) is 8.87. The highest BCUT2D eigenvalue weighted by Crippen LogP contribution is 2.25. The van der Waals surface area contributed by atoms with Crippen molar-refractivity contribution in [2.24, 2.45) is 0 Å². The monoisotopic (exact) mass is 398 g/mol. The summed E-state index contributed by atoms with van der Waals surface area (Å²) in [5, 5.41) is 9.96. The van der Waals surface area contributed by atoms with Crippen molar-refractivity contribution in [2.75, 3.05) is 0 Å². The van der Waals surface area contributed by atoms with Crippen LogP contribution in [0.1, 0.15) is 143 Å². The van der Waals surface area contributed by atoms with Gasteiger partial charge in [0.15, 0.2) is 0 Å². The van der Waals surface area contributed by atoms with Gasteiger partial charge in [-0.3, -0.25) is 4.79 Å². The average Bonchev–Trinajstić information content (AvgIpc) is 2.67. The van der Waals surface area contributed by atoms with Gasteiger partial charge in [0.25, 0.3) is 0 Å². The number of hydrogen-bond acceptors (Lipinski definition) is 3. The lowest BCUT2D eigenvalue weighted by Crippen LogP contribution is -2.42. The molecular formula is C25H50O3. The van der Waals surface area contributed by atoms with Crippen LogP contribution in [0.3, 0.4) is 0 Å². The SMILES string of the molecule is CCCCCCCCCCCCCCCCCCC(C)(OC(=O)CC)C(C)O. The molecule has 0 bridgehead atoms. The molecular weight excluding hydrogens is 348 g/mol. The Morgan fingerprint density at radius 1 is 0.750 bits per heavy atom. The Bertz CT molecular complexity index is 354. The second kappa shape index (κ2) is 18.5. The first-order valence-corrected chi connectivity index (χ1v) is 12.4. The molecule has 0 radical (unpaired) electrons. The summed E-state index contributed by atoms with van der Waals surface area (Å²) in [7, 11) is 0. The van der Waals surface area contributed by atoms with Gasteiger partial charge in [0, 0.05) is 6.42 Å². The fourth-order valence-corrected chi connectivity index (χ4v) is 3.70. The summed E-state index contributed by atoms with van der Waals surface area (Å²) in [6, 6.07) is 0. The maximum absolute atomic E-state index is 11.6. The lowest BCUT2D eigenvalue weighted by Gasteiger charge is -2.32. The van der Waals surface area contributed by atoms with E-state index in [0.717, 1.165) is 19.3 Å². The molecule has 2 atom stereocenters. The van der Waals surface area contributed by atoms with Crippen molar-refractivity contribution in [3.63, 3.8) is 0 Å². The Morgan fingerprint density at radius 2 is 1.11 bits per heavy atom. The quantitative estimate of drug-likeness (QED) is 0.168. The van der Waals surface area contributed by atoms with Gasteiger partial charge in [-0.15, -0.1) is 0 Å². The van der Waals surface area contributed by atoms with E-state index in [1.807, 2.05) is 6.92 Å². The summed E-state index contributed by atoms with van der Waals surface area (Å²) in [4.78, 5) is 11.6. The smallest absolute Gasteiger partial charge is 0.306 e. The number of unbranched alkanes of at least 4 members (excludes halogenated alkanes) is 15. The van der Waals surface area contributed by atoms with Crippen molar-refractivity contribution in [3.05, 3.63) is 0 Å². The fourth-order valence-electron chi connectivity index (χ4n) is 3.70. The van der Waals surface area contributed by atoms with E-state index in [-0.39, 0.29) is 5.97 Å². The molecule has 0 aliphatic carbocycles. The van der Waals surface area contributed by atoms with Crippen LogP contribution in [0.4, 0.5) is 0 Å². The van der Waals surface area contributed by atoms with Crippen LogP contribution >= 0.6 is 0 Å². The molecule has 0 saturated carbocycles. The minimum atomic E-state index is -0.733. The van der Waals surface area contributed by atoms with Gasteiger partial charge >= 0.3 is 5.97 Å². The van der Waals surface area contributed by atoms with E-state index in [4.69, 9.17) is 4.74 Å². The Morgan fingerprint density at radius 3 is 1.43 bits per heavy atom. The van der Waals surface area contributed by atoms with Crippen molar-refractivity contribution in [3.8, 4) is 0 Å². The first-order chi connectivity index (χ1) is 13.5. The Kier molecular flexibility index (Phi) is 18.1. The summed E-state index contributed by atoms with van der Waals surface area (Å²) < 4.78 is 5.48. The van der Waals surface area contributed by atoms with Gasteiger partial charge in [-0.2, -0.15) is 0 Å². The van der Waals surface area contributed by atoms with Crippen molar-refractivity contribution >= 4 is 5.97 Å². The van der Waals surface area contributed by atoms with Gasteiger partial charge in [0.1, 0.15) is 5.60 Å². The van der Waals surface area contributed by atoms with Gasteiger partial charge in [0.2, 0.25) is 0 Å². The Balaban J connectivity index is 3.46. The molecule has 0 heterocycles. The summed E-state index contributed by atoms with van der Waals surface area (Å²) in [6.07, 6.45) is 22.0. The standard InChI is InChI=1S/C25H50O3/c1-5-7-8-9-10-11-12-13-14-15-16-17-18-19-20-21-22-25(4,23(3)26)28-24(27)6-2/h23,26H,5-22H2,1-4H3. The van der Waals surface area contributed by atoms with Crippen LogP contribution in [0.5, 0.6) is 0 Å². The second-order valence-corrected chi connectivity index (χ2v) is 8.87. The zero-order valence-corrected chi connectivity index (χ0v) is 19.6.